The van der Waals surface area contributed by atoms with Gasteiger partial charge in [-0.25, -0.2) is 0 Å². The van der Waals surface area contributed by atoms with E-state index < -0.39 is 22.4 Å². The van der Waals surface area contributed by atoms with E-state index in [4.69, 9.17) is 23.2 Å². The maximum atomic E-state index is 12.5. The topological polar surface area (TPSA) is 17.1 Å². The molecule has 0 unspecified atom stereocenters. The number of carbonyl (C=O) groups excluding carboxylic acids is 1. The van der Waals surface area contributed by atoms with Crippen LogP contribution >= 0.6 is 39.1 Å². The highest BCUT2D eigenvalue weighted by molar-refractivity contribution is 9.10. The van der Waals surface area contributed by atoms with Crippen molar-refractivity contribution in [1.82, 2.24) is 0 Å². The summed E-state index contributed by atoms with van der Waals surface area (Å²) in [6.45, 7) is 0. The van der Waals surface area contributed by atoms with Gasteiger partial charge in [-0.2, -0.15) is 13.2 Å². The highest BCUT2D eigenvalue weighted by Crippen LogP contribution is 2.35. The normalized spacial score (nSPS) is 11.9. The molecule has 0 aliphatic rings. The minimum atomic E-state index is -4.54. The molecule has 88 valence electrons. The summed E-state index contributed by atoms with van der Waals surface area (Å²) in [5.74, 6) is -0.763. The van der Waals surface area contributed by atoms with E-state index in [1.165, 1.54) is 6.07 Å². The van der Waals surface area contributed by atoms with Crippen LogP contribution in [0.2, 0.25) is 0 Å². The number of halogens is 6. The van der Waals surface area contributed by atoms with Crippen LogP contribution in [0.1, 0.15) is 15.9 Å². The molecule has 0 saturated heterocycles. The van der Waals surface area contributed by atoms with Crippen molar-refractivity contribution in [2.75, 3.05) is 0 Å². The van der Waals surface area contributed by atoms with E-state index in [1.54, 1.807) is 0 Å². The summed E-state index contributed by atoms with van der Waals surface area (Å²) in [5, 5.41) is 0. The Bertz CT molecular complexity index is 418. The zero-order chi connectivity index (χ0) is 12.5. The molecule has 7 heteroatoms. The van der Waals surface area contributed by atoms with E-state index in [9.17, 15) is 18.0 Å². The Morgan fingerprint density at radius 2 is 1.88 bits per heavy atom. The summed E-state index contributed by atoms with van der Waals surface area (Å²) in [6.07, 6.45) is -4.54. The Balaban J connectivity index is 3.23. The Morgan fingerprint density at radius 3 is 2.31 bits per heavy atom. The Kier molecular flexibility index (Phi) is 4.26. The lowest BCUT2D eigenvalue weighted by Gasteiger charge is -2.10. The first-order valence-corrected chi connectivity index (χ1v) is 5.59. The van der Waals surface area contributed by atoms with E-state index >= 15 is 0 Å². The lowest BCUT2D eigenvalue weighted by Crippen LogP contribution is -2.12. The fraction of sp³-hybridized carbons (Fsp3) is 0.222. The maximum absolute atomic E-state index is 12.5. The summed E-state index contributed by atoms with van der Waals surface area (Å²) in [4.78, 5) is 9.92. The number of alkyl halides is 5. The van der Waals surface area contributed by atoms with Gasteiger partial charge in [0, 0.05) is 10.0 Å². The van der Waals surface area contributed by atoms with E-state index in [2.05, 4.69) is 15.9 Å². The molecule has 0 aliphatic heterocycles. The van der Waals surface area contributed by atoms with Crippen LogP contribution in [0.3, 0.4) is 0 Å². The molecule has 16 heavy (non-hydrogen) atoms. The molecule has 0 atom stereocenters. The highest BCUT2D eigenvalue weighted by atomic mass is 79.9. The summed E-state index contributed by atoms with van der Waals surface area (Å²) in [6, 6.07) is 3.07. The van der Waals surface area contributed by atoms with Crippen LogP contribution in [0.5, 0.6) is 0 Å². The second-order valence-corrected chi connectivity index (χ2v) is 4.81. The van der Waals surface area contributed by atoms with Crippen molar-refractivity contribution >= 4 is 44.9 Å². The Hall–Kier alpha value is -0.260. The highest BCUT2D eigenvalue weighted by Gasteiger charge is 2.33. The molecule has 0 N–H and O–H groups in total. The first kappa shape index (κ1) is 13.8. The van der Waals surface area contributed by atoms with Crippen LogP contribution in [0.25, 0.3) is 0 Å². The standard InChI is InChI=1S/C9H4BrCl2F3O/c10-6-2-1-4(7(16)8(11)12)3-5(6)9(13,14)15/h1-3,8H. The average Bonchev–Trinajstić information content (AvgIpc) is 2.15. The third kappa shape index (κ3) is 3.12. The van der Waals surface area contributed by atoms with Gasteiger partial charge in [-0.1, -0.05) is 45.2 Å². The van der Waals surface area contributed by atoms with E-state index in [0.717, 1.165) is 6.07 Å². The largest absolute Gasteiger partial charge is 0.417 e. The first-order chi connectivity index (χ1) is 7.23. The molecule has 0 aromatic heterocycles. The van der Waals surface area contributed by atoms with Crippen LogP contribution in [-0.4, -0.2) is 10.6 Å². The molecule has 0 saturated carbocycles. The van der Waals surface area contributed by atoms with E-state index in [0.29, 0.717) is 6.07 Å². The van der Waals surface area contributed by atoms with Crippen molar-refractivity contribution in [2.24, 2.45) is 0 Å². The van der Waals surface area contributed by atoms with Crippen LogP contribution < -0.4 is 0 Å². The lowest BCUT2D eigenvalue weighted by atomic mass is 10.1. The van der Waals surface area contributed by atoms with Crippen LogP contribution in [-0.2, 0) is 6.18 Å². The van der Waals surface area contributed by atoms with Gasteiger partial charge in [-0.05, 0) is 12.1 Å². The molecule has 0 aliphatic carbocycles. The summed E-state index contributed by atoms with van der Waals surface area (Å²) in [5.41, 5.74) is -1.11. The molecule has 1 aromatic rings. The number of rotatable bonds is 2. The molecule has 0 bridgehead atoms. The number of carbonyl (C=O) groups is 1. The average molecular weight is 336 g/mol. The van der Waals surface area contributed by atoms with Gasteiger partial charge in [-0.3, -0.25) is 4.79 Å². The van der Waals surface area contributed by atoms with Gasteiger partial charge in [0.1, 0.15) is 0 Å². The molecule has 0 radical (unpaired) electrons. The van der Waals surface area contributed by atoms with Gasteiger partial charge in [0.05, 0.1) is 5.56 Å². The minimum absolute atomic E-state index is 0.141. The number of hydrogen-bond acceptors (Lipinski definition) is 1. The van der Waals surface area contributed by atoms with Crippen molar-refractivity contribution in [3.05, 3.63) is 33.8 Å². The zero-order valence-electron chi connectivity index (χ0n) is 7.49. The first-order valence-electron chi connectivity index (χ1n) is 3.92. The predicted octanol–water partition coefficient (Wildman–Crippen LogP) is 4.45. The Labute approximate surface area is 108 Å². The third-order valence-corrected chi connectivity index (χ3v) is 2.84. The fourth-order valence-electron chi connectivity index (χ4n) is 1.02. The second kappa shape index (κ2) is 4.94. The SMILES string of the molecule is O=C(c1ccc(Br)c(C(F)(F)F)c1)C(Cl)Cl. The van der Waals surface area contributed by atoms with Crippen LogP contribution in [0, 0.1) is 0 Å². The van der Waals surface area contributed by atoms with E-state index in [1.807, 2.05) is 0 Å². The molecule has 0 fully saturated rings. The predicted molar refractivity (Wildman–Crippen MR) is 59.0 cm³/mol. The van der Waals surface area contributed by atoms with Gasteiger partial charge in [-0.15, -0.1) is 0 Å². The van der Waals surface area contributed by atoms with Crippen molar-refractivity contribution in [3.63, 3.8) is 0 Å². The van der Waals surface area contributed by atoms with Crippen molar-refractivity contribution in [3.8, 4) is 0 Å². The molecule has 1 rings (SSSR count). The summed E-state index contributed by atoms with van der Waals surface area (Å²) in [7, 11) is 0. The van der Waals surface area contributed by atoms with E-state index in [-0.39, 0.29) is 10.0 Å². The molecule has 0 amide bonds. The number of benzene rings is 1. The second-order valence-electron chi connectivity index (χ2n) is 2.86. The van der Waals surface area contributed by atoms with Crippen molar-refractivity contribution in [2.45, 2.75) is 11.0 Å². The third-order valence-electron chi connectivity index (χ3n) is 1.75. The summed E-state index contributed by atoms with van der Waals surface area (Å²) >= 11 is 13.3. The number of hydrogen-bond donors (Lipinski definition) is 0. The molecular weight excluding hydrogens is 332 g/mol. The summed E-state index contributed by atoms with van der Waals surface area (Å²) < 4.78 is 37.3. The van der Waals surface area contributed by atoms with Crippen LogP contribution in [0.4, 0.5) is 13.2 Å². The van der Waals surface area contributed by atoms with Crippen LogP contribution in [0.15, 0.2) is 22.7 Å². The Morgan fingerprint density at radius 1 is 1.31 bits per heavy atom. The molecule has 0 heterocycles. The van der Waals surface area contributed by atoms with Gasteiger partial charge in [0.15, 0.2) is 10.6 Å². The van der Waals surface area contributed by atoms with Crippen molar-refractivity contribution in [1.29, 1.82) is 0 Å². The number of Topliss-reactive ketones (excluding diaryl/α,β-unsaturated/α-hetero) is 1. The maximum Gasteiger partial charge on any atom is 0.417 e. The lowest BCUT2D eigenvalue weighted by molar-refractivity contribution is -0.138. The van der Waals surface area contributed by atoms with Gasteiger partial charge >= 0.3 is 6.18 Å². The smallest absolute Gasteiger partial charge is 0.291 e. The molecular formula is C9H4BrCl2F3O. The van der Waals surface area contributed by atoms with Gasteiger partial charge in [0.25, 0.3) is 0 Å². The van der Waals surface area contributed by atoms with Gasteiger partial charge < -0.3 is 0 Å². The fourth-order valence-corrected chi connectivity index (χ4v) is 1.75. The van der Waals surface area contributed by atoms with Crippen molar-refractivity contribution < 1.29 is 18.0 Å². The number of ketones is 1. The molecule has 1 nitrogen and oxygen atoms in total. The van der Waals surface area contributed by atoms with Gasteiger partial charge in [0.2, 0.25) is 0 Å². The minimum Gasteiger partial charge on any atom is -0.291 e. The quantitative estimate of drug-likeness (QED) is 0.576. The molecule has 1 aromatic carbocycles. The zero-order valence-corrected chi connectivity index (χ0v) is 10.6. The monoisotopic (exact) mass is 334 g/mol. The molecule has 0 spiro atoms.